The molecule has 0 saturated carbocycles. The second kappa shape index (κ2) is 9.43. The summed E-state index contributed by atoms with van der Waals surface area (Å²) in [6, 6.07) is 3.79. The van der Waals surface area contributed by atoms with Crippen LogP contribution >= 0.6 is 15.9 Å². The highest BCUT2D eigenvalue weighted by atomic mass is 79.9. The number of halogens is 1. The Bertz CT molecular complexity index is 1000. The van der Waals surface area contributed by atoms with Crippen LogP contribution in [0.15, 0.2) is 21.5 Å². The van der Waals surface area contributed by atoms with E-state index in [1.54, 1.807) is 17.9 Å². The van der Waals surface area contributed by atoms with E-state index in [1.165, 1.54) is 4.31 Å². The number of sulfonamides is 1. The van der Waals surface area contributed by atoms with E-state index in [0.717, 1.165) is 31.4 Å². The Labute approximate surface area is 199 Å². The molecule has 2 saturated heterocycles. The van der Waals surface area contributed by atoms with Gasteiger partial charge >= 0.3 is 0 Å². The molecule has 7 nitrogen and oxygen atoms in total. The monoisotopic (exact) mass is 525 g/mol. The maximum Gasteiger partial charge on any atom is 0.245 e. The normalized spacial score (nSPS) is 22.8. The van der Waals surface area contributed by atoms with Crippen molar-refractivity contribution in [3.05, 3.63) is 22.2 Å². The summed E-state index contributed by atoms with van der Waals surface area (Å²) < 4.78 is 29.5. The minimum Gasteiger partial charge on any atom is -0.340 e. The van der Waals surface area contributed by atoms with Crippen molar-refractivity contribution in [2.75, 3.05) is 31.1 Å². The zero-order chi connectivity index (χ0) is 23.0. The van der Waals surface area contributed by atoms with Crippen molar-refractivity contribution in [1.29, 1.82) is 0 Å². The van der Waals surface area contributed by atoms with Crippen molar-refractivity contribution in [1.82, 2.24) is 9.21 Å². The molecule has 0 N–H and O–H groups in total. The Morgan fingerprint density at radius 2 is 1.78 bits per heavy atom. The molecule has 176 valence electrons. The summed E-state index contributed by atoms with van der Waals surface area (Å²) in [4.78, 5) is 29.3. The number of hydrogen-bond donors (Lipinski definition) is 0. The smallest absolute Gasteiger partial charge is 0.245 e. The van der Waals surface area contributed by atoms with Crippen molar-refractivity contribution in [2.45, 2.75) is 69.7 Å². The van der Waals surface area contributed by atoms with E-state index in [2.05, 4.69) is 22.9 Å². The summed E-state index contributed by atoms with van der Waals surface area (Å²) in [7, 11) is -3.78. The number of anilines is 1. The number of carbonyl (C=O) groups is 2. The standard InChI is InChI=1S/C23H32BrN3O4S/c1-3-21(28)27-13-9-18-14-19(24)15-20(22(18)27)32(30,31)25-11-7-17(8-12-25)23(29)26-10-5-4-6-16(26)2/h14-17H,3-13H2,1-2H3/t16-/m1/s1. The average Bonchev–Trinajstić information content (AvgIpc) is 3.21. The van der Waals surface area contributed by atoms with Crippen molar-refractivity contribution < 1.29 is 18.0 Å². The molecule has 1 aromatic carbocycles. The van der Waals surface area contributed by atoms with Crippen LogP contribution in [-0.2, 0) is 26.0 Å². The van der Waals surface area contributed by atoms with Gasteiger partial charge in [-0.1, -0.05) is 22.9 Å². The number of carbonyl (C=O) groups excluding carboxylic acids is 2. The van der Waals surface area contributed by atoms with Crippen LogP contribution in [0.3, 0.4) is 0 Å². The number of piperidine rings is 2. The summed E-state index contributed by atoms with van der Waals surface area (Å²) in [6.45, 7) is 5.86. The number of amides is 2. The Balaban J connectivity index is 1.54. The lowest BCUT2D eigenvalue weighted by Crippen LogP contribution is -2.48. The predicted molar refractivity (Wildman–Crippen MR) is 127 cm³/mol. The largest absolute Gasteiger partial charge is 0.340 e. The van der Waals surface area contributed by atoms with Crippen molar-refractivity contribution in [3.8, 4) is 0 Å². The van der Waals surface area contributed by atoms with Crippen LogP contribution in [-0.4, -0.2) is 61.7 Å². The van der Waals surface area contributed by atoms with Gasteiger partial charge in [-0.3, -0.25) is 9.59 Å². The van der Waals surface area contributed by atoms with Gasteiger partial charge in [-0.05, 0) is 63.1 Å². The quantitative estimate of drug-likeness (QED) is 0.602. The first-order valence-corrected chi connectivity index (χ1v) is 13.9. The predicted octanol–water partition coefficient (Wildman–Crippen LogP) is 3.55. The van der Waals surface area contributed by atoms with Gasteiger partial charge in [-0.15, -0.1) is 0 Å². The fourth-order valence-corrected chi connectivity index (χ4v) is 7.64. The Morgan fingerprint density at radius 3 is 2.44 bits per heavy atom. The van der Waals surface area contributed by atoms with Crippen LogP contribution in [0.5, 0.6) is 0 Å². The van der Waals surface area contributed by atoms with Gasteiger partial charge in [-0.25, -0.2) is 8.42 Å². The molecule has 4 rings (SSSR count). The number of hydrogen-bond acceptors (Lipinski definition) is 4. The highest BCUT2D eigenvalue weighted by molar-refractivity contribution is 9.10. The molecule has 1 aromatic rings. The summed E-state index contributed by atoms with van der Waals surface area (Å²) in [5, 5.41) is 0. The first-order valence-electron chi connectivity index (χ1n) is 11.7. The minimum absolute atomic E-state index is 0.0671. The lowest BCUT2D eigenvalue weighted by Gasteiger charge is -2.38. The summed E-state index contributed by atoms with van der Waals surface area (Å²) in [5.74, 6) is -0.00631. The molecule has 0 spiro atoms. The molecule has 0 bridgehead atoms. The van der Waals surface area contributed by atoms with Crippen molar-refractivity contribution >= 4 is 43.5 Å². The van der Waals surface area contributed by atoms with E-state index in [9.17, 15) is 18.0 Å². The third kappa shape index (κ3) is 4.35. The molecule has 3 aliphatic heterocycles. The molecule has 3 aliphatic rings. The fraction of sp³-hybridized carbons (Fsp3) is 0.652. The lowest BCUT2D eigenvalue weighted by atomic mass is 9.94. The highest BCUT2D eigenvalue weighted by Crippen LogP contribution is 2.40. The fourth-order valence-electron chi connectivity index (χ4n) is 5.25. The van der Waals surface area contributed by atoms with Gasteiger partial charge in [0.15, 0.2) is 0 Å². The zero-order valence-corrected chi connectivity index (χ0v) is 21.3. The molecule has 0 radical (unpaired) electrons. The Morgan fingerprint density at radius 1 is 1.06 bits per heavy atom. The second-order valence-electron chi connectivity index (χ2n) is 9.12. The molecule has 32 heavy (non-hydrogen) atoms. The minimum atomic E-state index is -3.78. The molecule has 2 fully saturated rings. The molecule has 0 aliphatic carbocycles. The molecule has 2 amide bonds. The maximum atomic E-state index is 13.7. The zero-order valence-electron chi connectivity index (χ0n) is 18.8. The van der Waals surface area contributed by atoms with Crippen molar-refractivity contribution in [3.63, 3.8) is 0 Å². The van der Waals surface area contributed by atoms with E-state index in [1.807, 2.05) is 11.0 Å². The van der Waals surface area contributed by atoms with Gasteiger partial charge < -0.3 is 9.80 Å². The molecule has 9 heteroatoms. The van der Waals surface area contributed by atoms with Crippen LogP contribution in [0.1, 0.15) is 57.9 Å². The molecule has 0 aromatic heterocycles. The van der Waals surface area contributed by atoms with Gasteiger partial charge in [0.2, 0.25) is 21.8 Å². The van der Waals surface area contributed by atoms with Crippen molar-refractivity contribution in [2.24, 2.45) is 5.92 Å². The number of benzene rings is 1. The topological polar surface area (TPSA) is 78.0 Å². The number of fused-ring (bicyclic) bond motifs is 1. The summed E-state index contributed by atoms with van der Waals surface area (Å²) >= 11 is 3.45. The molecule has 3 heterocycles. The first-order chi connectivity index (χ1) is 15.2. The highest BCUT2D eigenvalue weighted by Gasteiger charge is 2.39. The summed E-state index contributed by atoms with van der Waals surface area (Å²) in [5.41, 5.74) is 1.41. The van der Waals surface area contributed by atoms with Gasteiger partial charge in [0.25, 0.3) is 0 Å². The Hall–Kier alpha value is -1.45. The number of likely N-dealkylation sites (tertiary alicyclic amines) is 1. The van der Waals surface area contributed by atoms with Gasteiger partial charge in [0.1, 0.15) is 4.90 Å². The van der Waals surface area contributed by atoms with E-state index in [-0.39, 0.29) is 28.7 Å². The summed E-state index contributed by atoms with van der Waals surface area (Å²) in [6.07, 6.45) is 5.30. The van der Waals surface area contributed by atoms with Crippen LogP contribution in [0.4, 0.5) is 5.69 Å². The van der Waals surface area contributed by atoms with E-state index in [0.29, 0.717) is 55.5 Å². The lowest BCUT2D eigenvalue weighted by molar-refractivity contribution is -0.140. The van der Waals surface area contributed by atoms with Crippen LogP contribution in [0.25, 0.3) is 0 Å². The molecular weight excluding hydrogens is 494 g/mol. The molecule has 0 unspecified atom stereocenters. The maximum absolute atomic E-state index is 13.7. The molecule has 1 atom stereocenters. The average molecular weight is 526 g/mol. The number of rotatable bonds is 4. The second-order valence-corrected chi connectivity index (χ2v) is 11.9. The van der Waals surface area contributed by atoms with E-state index >= 15 is 0 Å². The molecular formula is C23H32BrN3O4S. The van der Waals surface area contributed by atoms with Crippen LogP contribution in [0, 0.1) is 5.92 Å². The third-order valence-corrected chi connectivity index (χ3v) is 9.47. The van der Waals surface area contributed by atoms with Crippen LogP contribution in [0.2, 0.25) is 0 Å². The van der Waals surface area contributed by atoms with Gasteiger partial charge in [0.05, 0.1) is 5.69 Å². The first kappa shape index (κ1) is 23.7. The number of nitrogens with zero attached hydrogens (tertiary/aromatic N) is 3. The van der Waals surface area contributed by atoms with Gasteiger partial charge in [-0.2, -0.15) is 4.31 Å². The van der Waals surface area contributed by atoms with E-state index in [4.69, 9.17) is 0 Å². The van der Waals surface area contributed by atoms with E-state index < -0.39 is 10.0 Å². The Kier molecular flexibility index (Phi) is 6.98. The van der Waals surface area contributed by atoms with Gasteiger partial charge in [0, 0.05) is 49.0 Å². The van der Waals surface area contributed by atoms with Crippen LogP contribution < -0.4 is 4.90 Å². The third-order valence-electron chi connectivity index (χ3n) is 7.10. The SMILES string of the molecule is CCC(=O)N1CCc2cc(Br)cc(S(=O)(=O)N3CCC(C(=O)N4CCCC[C@H]4C)CC3)c21.